The molecule has 0 fully saturated rings. The van der Waals surface area contributed by atoms with Crippen LogP contribution in [0.25, 0.3) is 0 Å². The summed E-state index contributed by atoms with van der Waals surface area (Å²) in [5, 5.41) is 0. The van der Waals surface area contributed by atoms with Crippen molar-refractivity contribution in [2.24, 2.45) is 0 Å². The average molecular weight is 951 g/mol. The average Bonchev–Trinajstić information content (AvgIpc) is 3.35. The summed E-state index contributed by atoms with van der Waals surface area (Å²) >= 11 is 0. The monoisotopic (exact) mass is 951 g/mol. The van der Waals surface area contributed by atoms with E-state index in [1.807, 2.05) is 0 Å². The summed E-state index contributed by atoms with van der Waals surface area (Å²) in [6, 6.07) is 0. The summed E-state index contributed by atoms with van der Waals surface area (Å²) < 4.78 is 16.7. The van der Waals surface area contributed by atoms with Crippen molar-refractivity contribution < 1.29 is 28.6 Å². The Labute approximate surface area is 423 Å². The lowest BCUT2D eigenvalue weighted by atomic mass is 10.1. The van der Waals surface area contributed by atoms with Crippen LogP contribution in [0, 0.1) is 0 Å². The molecule has 0 aromatic heterocycles. The second kappa shape index (κ2) is 55.9. The maximum absolute atomic E-state index is 12.8. The first kappa shape index (κ1) is 64.3. The van der Waals surface area contributed by atoms with Crippen molar-refractivity contribution in [3.05, 3.63) is 146 Å². The van der Waals surface area contributed by atoms with Crippen LogP contribution in [0.15, 0.2) is 146 Å². The minimum atomic E-state index is -0.806. The third-order valence-corrected chi connectivity index (χ3v) is 10.8. The third kappa shape index (κ3) is 54.1. The van der Waals surface area contributed by atoms with Crippen LogP contribution in [0.3, 0.4) is 0 Å². The molecule has 0 heterocycles. The number of hydrogen-bond acceptors (Lipinski definition) is 6. The van der Waals surface area contributed by atoms with Crippen molar-refractivity contribution in [3.63, 3.8) is 0 Å². The highest BCUT2D eigenvalue weighted by Gasteiger charge is 2.19. The zero-order valence-corrected chi connectivity index (χ0v) is 44.0. The maximum atomic E-state index is 12.8. The molecule has 0 rings (SSSR count). The fourth-order valence-corrected chi connectivity index (χ4v) is 6.80. The van der Waals surface area contributed by atoms with Crippen LogP contribution >= 0.6 is 0 Å². The largest absolute Gasteiger partial charge is 0.462 e. The number of rotatable bonds is 47. The van der Waals surface area contributed by atoms with Gasteiger partial charge in [-0.05, 0) is 122 Å². The van der Waals surface area contributed by atoms with Gasteiger partial charge in [0.1, 0.15) is 13.2 Å². The van der Waals surface area contributed by atoms with Crippen molar-refractivity contribution >= 4 is 17.9 Å². The first-order chi connectivity index (χ1) is 34.0. The van der Waals surface area contributed by atoms with Gasteiger partial charge in [-0.3, -0.25) is 14.4 Å². The van der Waals surface area contributed by atoms with Crippen molar-refractivity contribution in [3.8, 4) is 0 Å². The van der Waals surface area contributed by atoms with Crippen molar-refractivity contribution in [2.45, 2.75) is 219 Å². The Morgan fingerprint density at radius 2 is 0.565 bits per heavy atom. The van der Waals surface area contributed by atoms with Gasteiger partial charge < -0.3 is 14.2 Å². The molecule has 0 aromatic rings. The van der Waals surface area contributed by atoms with Gasteiger partial charge in [-0.2, -0.15) is 0 Å². The lowest BCUT2D eigenvalue weighted by Crippen LogP contribution is -2.30. The van der Waals surface area contributed by atoms with Crippen LogP contribution in [-0.4, -0.2) is 37.2 Å². The molecule has 0 saturated heterocycles. The molecule has 1 atom stereocenters. The first-order valence-electron chi connectivity index (χ1n) is 27.3. The van der Waals surface area contributed by atoms with Gasteiger partial charge >= 0.3 is 17.9 Å². The van der Waals surface area contributed by atoms with Crippen LogP contribution in [0.1, 0.15) is 213 Å². The second-order valence-corrected chi connectivity index (χ2v) is 17.4. The van der Waals surface area contributed by atoms with E-state index in [9.17, 15) is 14.4 Å². The van der Waals surface area contributed by atoms with Crippen molar-refractivity contribution in [1.82, 2.24) is 0 Å². The summed E-state index contributed by atoms with van der Waals surface area (Å²) in [6.07, 6.45) is 80.1. The van der Waals surface area contributed by atoms with E-state index in [2.05, 4.69) is 167 Å². The van der Waals surface area contributed by atoms with Gasteiger partial charge in [0.05, 0.1) is 0 Å². The van der Waals surface area contributed by atoms with Crippen LogP contribution in [-0.2, 0) is 28.6 Å². The molecule has 0 bridgehead atoms. The van der Waals surface area contributed by atoms with Gasteiger partial charge in [-0.25, -0.2) is 0 Å². The Morgan fingerprint density at radius 1 is 0.304 bits per heavy atom. The van der Waals surface area contributed by atoms with Gasteiger partial charge in [-0.1, -0.05) is 218 Å². The van der Waals surface area contributed by atoms with E-state index in [-0.39, 0.29) is 37.5 Å². The van der Waals surface area contributed by atoms with Crippen LogP contribution < -0.4 is 0 Å². The zero-order valence-electron chi connectivity index (χ0n) is 44.0. The number of esters is 3. The van der Waals surface area contributed by atoms with Gasteiger partial charge in [0, 0.05) is 19.3 Å². The van der Waals surface area contributed by atoms with E-state index >= 15 is 0 Å². The van der Waals surface area contributed by atoms with Gasteiger partial charge in [0.25, 0.3) is 0 Å². The van der Waals surface area contributed by atoms with Gasteiger partial charge in [-0.15, -0.1) is 0 Å². The summed E-state index contributed by atoms with van der Waals surface area (Å²) in [4.78, 5) is 37.8. The molecule has 69 heavy (non-hydrogen) atoms. The van der Waals surface area contributed by atoms with E-state index in [4.69, 9.17) is 14.2 Å². The van der Waals surface area contributed by atoms with Gasteiger partial charge in [0.2, 0.25) is 0 Å². The van der Waals surface area contributed by atoms with E-state index in [0.29, 0.717) is 12.8 Å². The molecule has 6 nitrogen and oxygen atoms in total. The minimum absolute atomic E-state index is 0.104. The number of carbonyl (C=O) groups is 3. The minimum Gasteiger partial charge on any atom is -0.462 e. The Kier molecular flexibility index (Phi) is 52.1. The molecule has 0 saturated carbocycles. The molecular weight excluding hydrogens is 853 g/mol. The number of unbranched alkanes of at least 4 members (excludes halogenated alkanes) is 12. The molecular formula is C63H98O6. The lowest BCUT2D eigenvalue weighted by Gasteiger charge is -2.18. The molecule has 0 spiro atoms. The molecule has 0 amide bonds. The molecule has 0 aliphatic carbocycles. The standard InChI is InChI=1S/C63H98O6/c1-4-7-10-13-15-17-19-21-23-25-27-29-31-33-35-37-39-41-43-45-47-50-53-56-62(65)68-59-60(58-67-61(64)55-52-49-12-9-6-3)69-63(66)57-54-51-48-46-44-42-40-38-36-34-32-30-28-26-24-22-20-18-16-14-11-8-5-2/h7-8,10-11,15-18,21-24,27-30,33-36,39-42,60H,4-6,9,12-14,19-20,25-26,31-32,37-38,43-59H2,1-3H3/b10-7-,11-8-,17-15-,18-16-,23-21-,24-22-,29-27-,30-28-,35-33-,36-34-,41-39-,42-40-. The Balaban J connectivity index is 4.29. The molecule has 386 valence electrons. The first-order valence-corrected chi connectivity index (χ1v) is 27.3. The Bertz CT molecular complexity index is 1560. The third-order valence-electron chi connectivity index (χ3n) is 10.8. The molecule has 0 aliphatic heterocycles. The summed E-state index contributed by atoms with van der Waals surface area (Å²) in [5.74, 6) is -0.979. The van der Waals surface area contributed by atoms with Crippen molar-refractivity contribution in [2.75, 3.05) is 13.2 Å². The highest BCUT2D eigenvalue weighted by Crippen LogP contribution is 2.12. The highest BCUT2D eigenvalue weighted by molar-refractivity contribution is 5.71. The highest BCUT2D eigenvalue weighted by atomic mass is 16.6. The molecule has 1 unspecified atom stereocenters. The van der Waals surface area contributed by atoms with E-state index in [1.54, 1.807) is 0 Å². The van der Waals surface area contributed by atoms with Gasteiger partial charge in [0.15, 0.2) is 6.10 Å². The van der Waals surface area contributed by atoms with Crippen LogP contribution in [0.4, 0.5) is 0 Å². The second-order valence-electron chi connectivity index (χ2n) is 17.4. The maximum Gasteiger partial charge on any atom is 0.306 e. The predicted molar refractivity (Wildman–Crippen MR) is 297 cm³/mol. The number of carbonyl (C=O) groups excluding carboxylic acids is 3. The molecule has 6 heteroatoms. The number of ether oxygens (including phenoxy) is 3. The summed E-state index contributed by atoms with van der Waals surface area (Å²) in [6.45, 7) is 6.26. The van der Waals surface area contributed by atoms with E-state index in [1.165, 1.54) is 0 Å². The summed E-state index contributed by atoms with van der Waals surface area (Å²) in [5.41, 5.74) is 0. The lowest BCUT2D eigenvalue weighted by molar-refractivity contribution is -0.167. The Morgan fingerprint density at radius 3 is 0.870 bits per heavy atom. The number of hydrogen-bond donors (Lipinski definition) is 0. The van der Waals surface area contributed by atoms with Crippen LogP contribution in [0.2, 0.25) is 0 Å². The molecule has 0 N–H and O–H groups in total. The number of allylic oxidation sites excluding steroid dienone is 24. The van der Waals surface area contributed by atoms with E-state index in [0.717, 1.165) is 173 Å². The summed E-state index contributed by atoms with van der Waals surface area (Å²) in [7, 11) is 0. The SMILES string of the molecule is CC/C=C\C/C=C\C/C=C\C/C=C\C/C=C\C/C=C\CCCCCCC(=O)OCC(COC(=O)CCCCCCC)OC(=O)CCCCCC/C=C\C/C=C\C/C=C\C/C=C\C/C=C\C/C=C\CC. The van der Waals surface area contributed by atoms with Crippen molar-refractivity contribution in [1.29, 1.82) is 0 Å². The van der Waals surface area contributed by atoms with Crippen LogP contribution in [0.5, 0.6) is 0 Å². The predicted octanol–water partition coefficient (Wildman–Crippen LogP) is 18.4. The Hall–Kier alpha value is -4.71. The quantitative estimate of drug-likeness (QED) is 0.0262. The van der Waals surface area contributed by atoms with E-state index < -0.39 is 6.10 Å². The molecule has 0 aliphatic rings. The molecule has 0 aromatic carbocycles. The fraction of sp³-hybridized carbons (Fsp3) is 0.571. The normalized spacial score (nSPS) is 13.3. The molecule has 0 radical (unpaired) electrons. The topological polar surface area (TPSA) is 78.9 Å². The fourth-order valence-electron chi connectivity index (χ4n) is 6.80. The zero-order chi connectivity index (χ0) is 50.0. The smallest absolute Gasteiger partial charge is 0.306 e.